The molecule has 8 heteroatoms. The van der Waals surface area contributed by atoms with Gasteiger partial charge in [0.25, 0.3) is 0 Å². The van der Waals surface area contributed by atoms with Crippen molar-refractivity contribution in [3.63, 3.8) is 0 Å². The third-order valence-electron chi connectivity index (χ3n) is 2.60. The lowest BCUT2D eigenvalue weighted by molar-refractivity contribution is 0.0362. The Morgan fingerprint density at radius 1 is 1.12 bits per heavy atom. The minimum Gasteiger partial charge on any atom is -0.443 e. The Hall–Kier alpha value is -2.38. The summed E-state index contributed by atoms with van der Waals surface area (Å²) in [4.78, 5) is 30.0. The first kappa shape index (κ1) is 20.7. The van der Waals surface area contributed by atoms with Crippen molar-refractivity contribution in [2.45, 2.75) is 66.1 Å². The molecule has 0 aromatic carbocycles. The second kappa shape index (κ2) is 8.13. The van der Waals surface area contributed by atoms with E-state index in [0.29, 0.717) is 13.0 Å². The molecule has 0 atom stereocenters. The van der Waals surface area contributed by atoms with Gasteiger partial charge in [0.2, 0.25) is 5.96 Å². The average molecular weight is 352 g/mol. The van der Waals surface area contributed by atoms with E-state index in [1.54, 1.807) is 53.8 Å². The Morgan fingerprint density at radius 2 is 1.72 bits per heavy atom. The maximum atomic E-state index is 12.6. The van der Waals surface area contributed by atoms with E-state index in [0.717, 1.165) is 0 Å². The van der Waals surface area contributed by atoms with Crippen LogP contribution in [0.3, 0.4) is 0 Å². The molecule has 1 aromatic rings. The molecule has 0 aliphatic heterocycles. The Kier molecular flexibility index (Phi) is 6.72. The van der Waals surface area contributed by atoms with Crippen LogP contribution in [0.25, 0.3) is 0 Å². The van der Waals surface area contributed by atoms with Gasteiger partial charge >= 0.3 is 12.2 Å². The number of carbonyl (C=O) groups is 2. The van der Waals surface area contributed by atoms with Gasteiger partial charge in [-0.2, -0.15) is 5.10 Å². The molecule has 25 heavy (non-hydrogen) atoms. The van der Waals surface area contributed by atoms with E-state index in [4.69, 9.17) is 9.47 Å². The molecule has 0 saturated carbocycles. The lowest BCUT2D eigenvalue weighted by Crippen LogP contribution is -2.45. The van der Waals surface area contributed by atoms with Crippen molar-refractivity contribution in [1.82, 2.24) is 14.7 Å². The molecule has 0 saturated heterocycles. The third-order valence-corrected chi connectivity index (χ3v) is 2.60. The normalized spacial score (nSPS) is 12.7. The van der Waals surface area contributed by atoms with Crippen LogP contribution in [0.15, 0.2) is 23.5 Å². The van der Waals surface area contributed by atoms with Crippen molar-refractivity contribution in [1.29, 1.82) is 0 Å². The molecule has 8 nitrogen and oxygen atoms in total. The molecule has 140 valence electrons. The van der Waals surface area contributed by atoms with Crippen LogP contribution in [-0.2, 0) is 9.47 Å². The monoisotopic (exact) mass is 352 g/mol. The molecule has 0 radical (unpaired) electrons. The summed E-state index contributed by atoms with van der Waals surface area (Å²) in [6, 6.07) is 1.67. The van der Waals surface area contributed by atoms with Gasteiger partial charge in [-0.05, 0) is 54.0 Å². The van der Waals surface area contributed by atoms with Gasteiger partial charge in [0.05, 0.1) is 0 Å². The number of amides is 2. The first-order valence-electron chi connectivity index (χ1n) is 8.25. The Labute approximate surface area is 148 Å². The summed E-state index contributed by atoms with van der Waals surface area (Å²) < 4.78 is 12.0. The molecule has 0 aliphatic rings. The number of rotatable bonds is 2. The van der Waals surface area contributed by atoms with Gasteiger partial charge in [-0.1, -0.05) is 6.92 Å². The number of nitrogens with zero attached hydrogens (tertiary/aromatic N) is 4. The summed E-state index contributed by atoms with van der Waals surface area (Å²) in [5.74, 6) is 0.0374. The van der Waals surface area contributed by atoms with Crippen molar-refractivity contribution in [3.05, 3.63) is 18.5 Å². The first-order chi connectivity index (χ1) is 11.4. The summed E-state index contributed by atoms with van der Waals surface area (Å²) >= 11 is 0. The lowest BCUT2D eigenvalue weighted by Gasteiger charge is -2.27. The topological polar surface area (TPSA) is 86.0 Å². The second-order valence-electron chi connectivity index (χ2n) is 7.47. The summed E-state index contributed by atoms with van der Waals surface area (Å²) in [5.41, 5.74) is -1.37. The Morgan fingerprint density at radius 3 is 2.16 bits per heavy atom. The fraction of sp³-hybridized carbons (Fsp3) is 0.647. The number of hydrogen-bond donors (Lipinski definition) is 0. The molecule has 1 heterocycles. The van der Waals surface area contributed by atoms with Gasteiger partial charge in [0, 0.05) is 18.9 Å². The van der Waals surface area contributed by atoms with Crippen LogP contribution >= 0.6 is 0 Å². The fourth-order valence-electron chi connectivity index (χ4n) is 1.80. The molecule has 0 bridgehead atoms. The summed E-state index contributed by atoms with van der Waals surface area (Å²) in [6.07, 6.45) is 2.36. The van der Waals surface area contributed by atoms with E-state index in [1.807, 2.05) is 6.92 Å². The van der Waals surface area contributed by atoms with Crippen LogP contribution < -0.4 is 0 Å². The van der Waals surface area contributed by atoms with Crippen molar-refractivity contribution >= 4 is 18.1 Å². The standard InChI is InChI=1S/C17H28N4O4/c1-8-11-20(15(23)25-17(5,6)7)13(21-12-9-10-18-21)19-14(22)24-16(2,3)4/h9-10,12H,8,11H2,1-7H3/b19-13-. The van der Waals surface area contributed by atoms with Gasteiger partial charge in [0.1, 0.15) is 11.2 Å². The number of ether oxygens (including phenoxy) is 2. The zero-order valence-electron chi connectivity index (χ0n) is 16.1. The highest BCUT2D eigenvalue weighted by molar-refractivity contribution is 5.99. The van der Waals surface area contributed by atoms with Crippen LogP contribution in [0.4, 0.5) is 9.59 Å². The van der Waals surface area contributed by atoms with E-state index in [2.05, 4.69) is 10.1 Å². The number of hydrogen-bond acceptors (Lipinski definition) is 5. The summed E-state index contributed by atoms with van der Waals surface area (Å²) in [6.45, 7) is 12.8. The minimum absolute atomic E-state index is 0.0374. The zero-order chi connectivity index (χ0) is 19.3. The number of aromatic nitrogens is 2. The number of carbonyl (C=O) groups excluding carboxylic acids is 2. The van der Waals surface area contributed by atoms with Crippen molar-refractivity contribution in [2.75, 3.05) is 6.54 Å². The Bertz CT molecular complexity index is 610. The van der Waals surface area contributed by atoms with Crippen LogP contribution in [0.2, 0.25) is 0 Å². The quantitative estimate of drug-likeness (QED) is 0.599. The molecule has 1 rings (SSSR count). The smallest absolute Gasteiger partial charge is 0.437 e. The van der Waals surface area contributed by atoms with Gasteiger partial charge in [-0.3, -0.25) is 0 Å². The van der Waals surface area contributed by atoms with Crippen molar-refractivity contribution in [2.24, 2.45) is 4.99 Å². The lowest BCUT2D eigenvalue weighted by atomic mass is 10.2. The van der Waals surface area contributed by atoms with Gasteiger partial charge in [-0.15, -0.1) is 4.99 Å². The highest BCUT2D eigenvalue weighted by Crippen LogP contribution is 2.13. The van der Waals surface area contributed by atoms with Crippen LogP contribution in [0.1, 0.15) is 54.9 Å². The maximum Gasteiger partial charge on any atom is 0.437 e. The molecular weight excluding hydrogens is 324 g/mol. The van der Waals surface area contributed by atoms with Crippen molar-refractivity contribution < 1.29 is 19.1 Å². The fourth-order valence-corrected chi connectivity index (χ4v) is 1.80. The largest absolute Gasteiger partial charge is 0.443 e. The summed E-state index contributed by atoms with van der Waals surface area (Å²) in [5, 5.41) is 4.08. The minimum atomic E-state index is -0.803. The predicted octanol–water partition coefficient (Wildman–Crippen LogP) is 3.67. The van der Waals surface area contributed by atoms with Gasteiger partial charge in [-0.25, -0.2) is 19.2 Å². The highest BCUT2D eigenvalue weighted by Gasteiger charge is 2.28. The van der Waals surface area contributed by atoms with Crippen LogP contribution in [-0.4, -0.2) is 50.6 Å². The zero-order valence-corrected chi connectivity index (χ0v) is 16.1. The molecular formula is C17H28N4O4. The van der Waals surface area contributed by atoms with E-state index >= 15 is 0 Å². The van der Waals surface area contributed by atoms with Crippen molar-refractivity contribution in [3.8, 4) is 0 Å². The molecule has 0 unspecified atom stereocenters. The van der Waals surface area contributed by atoms with Gasteiger partial charge in [0.15, 0.2) is 0 Å². The second-order valence-corrected chi connectivity index (χ2v) is 7.47. The van der Waals surface area contributed by atoms with E-state index < -0.39 is 23.4 Å². The highest BCUT2D eigenvalue weighted by atomic mass is 16.6. The summed E-state index contributed by atoms with van der Waals surface area (Å²) in [7, 11) is 0. The third kappa shape index (κ3) is 7.36. The van der Waals surface area contributed by atoms with E-state index in [-0.39, 0.29) is 5.96 Å². The average Bonchev–Trinajstić information content (AvgIpc) is 2.92. The first-order valence-corrected chi connectivity index (χ1v) is 8.25. The van der Waals surface area contributed by atoms with Crippen LogP contribution in [0.5, 0.6) is 0 Å². The van der Waals surface area contributed by atoms with E-state index in [9.17, 15) is 9.59 Å². The predicted molar refractivity (Wildman–Crippen MR) is 94.5 cm³/mol. The molecule has 0 N–H and O–H groups in total. The molecule has 1 aromatic heterocycles. The number of aliphatic imine (C=N–C) groups is 1. The Balaban J connectivity index is 3.23. The van der Waals surface area contributed by atoms with E-state index in [1.165, 1.54) is 15.8 Å². The molecule has 0 aliphatic carbocycles. The molecule has 2 amide bonds. The molecule has 0 fully saturated rings. The SMILES string of the molecule is CCCN(C(=O)OC(C)(C)C)/C(=N/C(=O)OC(C)(C)C)n1cccn1. The van der Waals surface area contributed by atoms with Gasteiger partial charge < -0.3 is 9.47 Å². The molecule has 0 spiro atoms. The van der Waals surface area contributed by atoms with Crippen LogP contribution in [0, 0.1) is 0 Å². The maximum absolute atomic E-state index is 12.6.